The van der Waals surface area contributed by atoms with Gasteiger partial charge in [0.25, 0.3) is 0 Å². The monoisotopic (exact) mass is 199 g/mol. The van der Waals surface area contributed by atoms with E-state index < -0.39 is 0 Å². The Kier molecular flexibility index (Phi) is 4.32. The topological polar surface area (TPSA) is 43.8 Å². The van der Waals surface area contributed by atoms with Crippen molar-refractivity contribution in [2.45, 2.75) is 25.9 Å². The van der Waals surface area contributed by atoms with Crippen LogP contribution in [0.15, 0.2) is 12.5 Å². The molecule has 0 saturated carbocycles. The lowest BCUT2D eigenvalue weighted by Crippen LogP contribution is -2.14. The van der Waals surface area contributed by atoms with Gasteiger partial charge in [-0.25, -0.2) is 4.98 Å². The maximum Gasteiger partial charge on any atom is 0.0948 e. The molecule has 3 nitrogen and oxygen atoms in total. The smallest absolute Gasteiger partial charge is 0.0948 e. The van der Waals surface area contributed by atoms with Gasteiger partial charge in [-0.1, -0.05) is 6.92 Å². The van der Waals surface area contributed by atoms with Crippen LogP contribution in [-0.4, -0.2) is 21.6 Å². The van der Waals surface area contributed by atoms with Gasteiger partial charge < -0.3 is 10.3 Å². The van der Waals surface area contributed by atoms with Gasteiger partial charge in [0.05, 0.1) is 12.0 Å². The standard InChI is InChI=1S/C9H17N3S/c1-3-8(10)9-6-11-7-12(9)4-5-13-2/h6-8H,3-5,10H2,1-2H3/t8-/m1/s1. The normalized spacial score (nSPS) is 13.2. The molecule has 1 rings (SSSR count). The van der Waals surface area contributed by atoms with Crippen LogP contribution in [-0.2, 0) is 6.54 Å². The summed E-state index contributed by atoms with van der Waals surface area (Å²) in [5.41, 5.74) is 7.09. The summed E-state index contributed by atoms with van der Waals surface area (Å²) < 4.78 is 2.14. The molecule has 2 N–H and O–H groups in total. The summed E-state index contributed by atoms with van der Waals surface area (Å²) in [5, 5.41) is 0. The Morgan fingerprint density at radius 1 is 1.69 bits per heavy atom. The average Bonchev–Trinajstić information content (AvgIpc) is 2.61. The molecule has 1 heterocycles. The second-order valence-electron chi connectivity index (χ2n) is 3.02. The SMILES string of the molecule is CC[C@@H](N)c1cncn1CCSC. The van der Waals surface area contributed by atoms with Crippen molar-refractivity contribution in [1.82, 2.24) is 9.55 Å². The van der Waals surface area contributed by atoms with Crippen molar-refractivity contribution in [3.63, 3.8) is 0 Å². The van der Waals surface area contributed by atoms with E-state index in [4.69, 9.17) is 5.73 Å². The molecule has 0 radical (unpaired) electrons. The largest absolute Gasteiger partial charge is 0.332 e. The fraction of sp³-hybridized carbons (Fsp3) is 0.667. The minimum atomic E-state index is 0.129. The van der Waals surface area contributed by atoms with E-state index in [1.807, 2.05) is 24.3 Å². The summed E-state index contributed by atoms with van der Waals surface area (Å²) >= 11 is 1.84. The molecule has 0 aliphatic rings. The molecule has 1 aromatic rings. The Morgan fingerprint density at radius 3 is 3.08 bits per heavy atom. The molecule has 0 spiro atoms. The number of nitrogens with two attached hydrogens (primary N) is 1. The summed E-state index contributed by atoms with van der Waals surface area (Å²) in [5.74, 6) is 1.11. The van der Waals surface area contributed by atoms with E-state index in [1.165, 1.54) is 0 Å². The van der Waals surface area contributed by atoms with Crippen LogP contribution in [0.4, 0.5) is 0 Å². The maximum absolute atomic E-state index is 5.94. The summed E-state index contributed by atoms with van der Waals surface area (Å²) in [6.45, 7) is 3.10. The van der Waals surface area contributed by atoms with Crippen LogP contribution in [0.3, 0.4) is 0 Å². The van der Waals surface area contributed by atoms with Crippen LogP contribution >= 0.6 is 11.8 Å². The highest BCUT2D eigenvalue weighted by molar-refractivity contribution is 7.98. The first-order valence-electron chi connectivity index (χ1n) is 4.54. The average molecular weight is 199 g/mol. The molecule has 0 fully saturated rings. The number of hydrogen-bond donors (Lipinski definition) is 1. The number of thioether (sulfide) groups is 1. The van der Waals surface area contributed by atoms with Crippen molar-refractivity contribution in [3.05, 3.63) is 18.2 Å². The maximum atomic E-state index is 5.94. The predicted molar refractivity (Wildman–Crippen MR) is 57.8 cm³/mol. The van der Waals surface area contributed by atoms with E-state index in [-0.39, 0.29) is 6.04 Å². The van der Waals surface area contributed by atoms with Gasteiger partial charge in [-0.3, -0.25) is 0 Å². The second kappa shape index (κ2) is 5.29. The van der Waals surface area contributed by atoms with Gasteiger partial charge in [-0.15, -0.1) is 0 Å². The first kappa shape index (κ1) is 10.6. The third-order valence-corrected chi connectivity index (χ3v) is 2.69. The number of hydrogen-bond acceptors (Lipinski definition) is 3. The number of aromatic nitrogens is 2. The summed E-state index contributed by atoms with van der Waals surface area (Å²) in [4.78, 5) is 4.12. The molecule has 1 atom stereocenters. The van der Waals surface area contributed by atoms with Gasteiger partial charge in [0.1, 0.15) is 0 Å². The highest BCUT2D eigenvalue weighted by atomic mass is 32.2. The predicted octanol–water partition coefficient (Wildman–Crippen LogP) is 1.66. The summed E-state index contributed by atoms with van der Waals surface area (Å²) in [6.07, 6.45) is 6.80. The van der Waals surface area contributed by atoms with Gasteiger partial charge >= 0.3 is 0 Å². The fourth-order valence-corrected chi connectivity index (χ4v) is 1.60. The van der Waals surface area contributed by atoms with Crippen molar-refractivity contribution in [2.24, 2.45) is 5.73 Å². The summed E-state index contributed by atoms with van der Waals surface area (Å²) in [7, 11) is 0. The zero-order valence-electron chi connectivity index (χ0n) is 8.23. The first-order valence-corrected chi connectivity index (χ1v) is 5.93. The van der Waals surface area contributed by atoms with E-state index in [2.05, 4.69) is 22.7 Å². The molecule has 0 bridgehead atoms. The van der Waals surface area contributed by atoms with Crippen LogP contribution < -0.4 is 5.73 Å². The van der Waals surface area contributed by atoms with Crippen LogP contribution in [0.1, 0.15) is 25.1 Å². The molecule has 0 aliphatic heterocycles. The molecular formula is C9H17N3S. The molecule has 13 heavy (non-hydrogen) atoms. The van der Waals surface area contributed by atoms with E-state index in [1.54, 1.807) is 0 Å². The van der Waals surface area contributed by atoms with Crippen molar-refractivity contribution in [1.29, 1.82) is 0 Å². The van der Waals surface area contributed by atoms with Gasteiger partial charge in [0.2, 0.25) is 0 Å². The highest BCUT2D eigenvalue weighted by Gasteiger charge is 2.08. The van der Waals surface area contributed by atoms with Gasteiger partial charge in [0.15, 0.2) is 0 Å². The lowest BCUT2D eigenvalue weighted by Gasteiger charge is -2.11. The Bertz CT molecular complexity index is 247. The van der Waals surface area contributed by atoms with Crippen LogP contribution in [0.5, 0.6) is 0 Å². The van der Waals surface area contributed by atoms with E-state index >= 15 is 0 Å². The molecule has 0 saturated heterocycles. The number of nitrogens with zero attached hydrogens (tertiary/aromatic N) is 2. The molecule has 0 aromatic carbocycles. The van der Waals surface area contributed by atoms with Gasteiger partial charge in [-0.05, 0) is 12.7 Å². The zero-order valence-corrected chi connectivity index (χ0v) is 9.05. The Balaban J connectivity index is 2.65. The van der Waals surface area contributed by atoms with Gasteiger partial charge in [0, 0.05) is 24.5 Å². The number of imidazole rings is 1. The van der Waals surface area contributed by atoms with E-state index in [0.29, 0.717) is 0 Å². The number of aryl methyl sites for hydroxylation is 1. The number of rotatable bonds is 5. The van der Waals surface area contributed by atoms with E-state index in [9.17, 15) is 0 Å². The van der Waals surface area contributed by atoms with Gasteiger partial charge in [-0.2, -0.15) is 11.8 Å². The molecular weight excluding hydrogens is 182 g/mol. The molecule has 0 aliphatic carbocycles. The first-order chi connectivity index (χ1) is 6.29. The van der Waals surface area contributed by atoms with Crippen LogP contribution in [0.25, 0.3) is 0 Å². The quantitative estimate of drug-likeness (QED) is 0.784. The third kappa shape index (κ3) is 2.74. The lowest BCUT2D eigenvalue weighted by atomic mass is 10.2. The van der Waals surface area contributed by atoms with Crippen molar-refractivity contribution >= 4 is 11.8 Å². The lowest BCUT2D eigenvalue weighted by molar-refractivity contribution is 0.611. The Labute approximate surface area is 83.7 Å². The van der Waals surface area contributed by atoms with Crippen molar-refractivity contribution in [3.8, 4) is 0 Å². The molecule has 4 heteroatoms. The Morgan fingerprint density at radius 2 is 2.46 bits per heavy atom. The van der Waals surface area contributed by atoms with Crippen molar-refractivity contribution in [2.75, 3.05) is 12.0 Å². The minimum absolute atomic E-state index is 0.129. The fourth-order valence-electron chi connectivity index (χ4n) is 1.23. The molecule has 0 unspecified atom stereocenters. The highest BCUT2D eigenvalue weighted by Crippen LogP contribution is 2.13. The van der Waals surface area contributed by atoms with Crippen molar-refractivity contribution < 1.29 is 0 Å². The van der Waals surface area contributed by atoms with Crippen LogP contribution in [0.2, 0.25) is 0 Å². The molecule has 1 aromatic heterocycles. The zero-order chi connectivity index (χ0) is 9.68. The summed E-state index contributed by atoms with van der Waals surface area (Å²) in [6, 6.07) is 0.129. The third-order valence-electron chi connectivity index (χ3n) is 2.10. The second-order valence-corrected chi connectivity index (χ2v) is 4.01. The molecule has 74 valence electrons. The molecule has 0 amide bonds. The Hall–Kier alpha value is -0.480. The van der Waals surface area contributed by atoms with E-state index in [0.717, 1.165) is 24.4 Å². The minimum Gasteiger partial charge on any atom is -0.332 e. The van der Waals surface area contributed by atoms with Crippen LogP contribution in [0, 0.1) is 0 Å².